The molecule has 0 fully saturated rings. The number of amides is 1. The van der Waals surface area contributed by atoms with Crippen molar-refractivity contribution >= 4 is 32.6 Å². The Hall–Kier alpha value is -2.73. The Labute approximate surface area is 179 Å². The maximum atomic E-state index is 12.6. The van der Waals surface area contributed by atoms with E-state index < -0.39 is 0 Å². The standard InChI is InChI=1S/C23H24BrNO4/c1-27-20-9-5-16-13-17(24)6-7-18(16)19(20)14-23(26)25-11-10-15-4-8-21(28-2)22(12-15)29-3/h4-9,12-13H,10-11,14H2,1-3H3,(H,25,26). The molecule has 0 atom stereocenters. The van der Waals surface area contributed by atoms with Crippen LogP contribution in [0.1, 0.15) is 11.1 Å². The van der Waals surface area contributed by atoms with Crippen molar-refractivity contribution in [2.75, 3.05) is 27.9 Å². The summed E-state index contributed by atoms with van der Waals surface area (Å²) < 4.78 is 17.1. The number of hydrogen-bond acceptors (Lipinski definition) is 4. The van der Waals surface area contributed by atoms with E-state index in [4.69, 9.17) is 14.2 Å². The van der Waals surface area contributed by atoms with Gasteiger partial charge in [-0.15, -0.1) is 0 Å². The zero-order valence-electron chi connectivity index (χ0n) is 16.8. The van der Waals surface area contributed by atoms with Crippen LogP contribution in [0.5, 0.6) is 17.2 Å². The molecule has 0 spiro atoms. The Morgan fingerprint density at radius 3 is 2.34 bits per heavy atom. The summed E-state index contributed by atoms with van der Waals surface area (Å²) in [6.45, 7) is 0.535. The van der Waals surface area contributed by atoms with E-state index in [0.717, 1.165) is 32.1 Å². The van der Waals surface area contributed by atoms with Crippen molar-refractivity contribution in [3.05, 3.63) is 64.1 Å². The second-order valence-corrected chi connectivity index (χ2v) is 7.49. The summed E-state index contributed by atoms with van der Waals surface area (Å²) >= 11 is 3.49. The van der Waals surface area contributed by atoms with Gasteiger partial charge in [0.25, 0.3) is 0 Å². The van der Waals surface area contributed by atoms with Crippen LogP contribution in [-0.4, -0.2) is 33.8 Å². The highest BCUT2D eigenvalue weighted by Gasteiger charge is 2.13. The molecular formula is C23H24BrNO4. The van der Waals surface area contributed by atoms with Crippen molar-refractivity contribution in [3.8, 4) is 17.2 Å². The third-order valence-electron chi connectivity index (χ3n) is 4.79. The Morgan fingerprint density at radius 1 is 0.897 bits per heavy atom. The van der Waals surface area contributed by atoms with E-state index in [1.807, 2.05) is 48.5 Å². The molecule has 0 aliphatic carbocycles. The van der Waals surface area contributed by atoms with Gasteiger partial charge >= 0.3 is 0 Å². The molecule has 0 saturated heterocycles. The van der Waals surface area contributed by atoms with Crippen molar-refractivity contribution in [1.29, 1.82) is 0 Å². The van der Waals surface area contributed by atoms with Gasteiger partial charge in [-0.2, -0.15) is 0 Å². The number of halogens is 1. The minimum atomic E-state index is -0.0424. The first kappa shape index (κ1) is 21.0. The third kappa shape index (κ3) is 5.01. The number of ether oxygens (including phenoxy) is 3. The maximum Gasteiger partial charge on any atom is 0.224 e. The molecule has 3 rings (SSSR count). The molecule has 0 radical (unpaired) electrons. The van der Waals surface area contributed by atoms with Crippen LogP contribution in [0.25, 0.3) is 10.8 Å². The van der Waals surface area contributed by atoms with Crippen molar-refractivity contribution in [1.82, 2.24) is 5.32 Å². The molecule has 0 saturated carbocycles. The predicted molar refractivity (Wildman–Crippen MR) is 118 cm³/mol. The number of methoxy groups -OCH3 is 3. The van der Waals surface area contributed by atoms with Crippen LogP contribution >= 0.6 is 15.9 Å². The first-order chi connectivity index (χ1) is 14.0. The van der Waals surface area contributed by atoms with Gasteiger partial charge in [0.2, 0.25) is 5.91 Å². The van der Waals surface area contributed by atoms with Crippen LogP contribution in [0, 0.1) is 0 Å². The Balaban J connectivity index is 1.67. The van der Waals surface area contributed by atoms with Gasteiger partial charge in [-0.1, -0.05) is 34.1 Å². The number of carbonyl (C=O) groups is 1. The first-order valence-corrected chi connectivity index (χ1v) is 10.1. The summed E-state index contributed by atoms with van der Waals surface area (Å²) in [5.74, 6) is 2.05. The third-order valence-corrected chi connectivity index (χ3v) is 5.28. The molecule has 0 aliphatic heterocycles. The summed E-state index contributed by atoms with van der Waals surface area (Å²) in [6, 6.07) is 15.7. The minimum Gasteiger partial charge on any atom is -0.496 e. The highest BCUT2D eigenvalue weighted by molar-refractivity contribution is 9.10. The van der Waals surface area contributed by atoms with Crippen LogP contribution in [-0.2, 0) is 17.6 Å². The highest BCUT2D eigenvalue weighted by Crippen LogP contribution is 2.30. The molecule has 1 amide bonds. The van der Waals surface area contributed by atoms with Gasteiger partial charge in [0.05, 0.1) is 27.8 Å². The zero-order chi connectivity index (χ0) is 20.8. The van der Waals surface area contributed by atoms with Crippen LogP contribution in [0.3, 0.4) is 0 Å². The fourth-order valence-electron chi connectivity index (χ4n) is 3.32. The van der Waals surface area contributed by atoms with Gasteiger partial charge in [0.1, 0.15) is 5.75 Å². The lowest BCUT2D eigenvalue weighted by molar-refractivity contribution is -0.120. The molecular weight excluding hydrogens is 434 g/mol. The average Bonchev–Trinajstić information content (AvgIpc) is 2.73. The molecule has 0 heterocycles. The lowest BCUT2D eigenvalue weighted by Crippen LogP contribution is -2.27. The summed E-state index contributed by atoms with van der Waals surface area (Å²) in [4.78, 5) is 12.6. The number of fused-ring (bicyclic) bond motifs is 1. The Morgan fingerprint density at radius 2 is 1.62 bits per heavy atom. The molecule has 3 aromatic rings. The lowest BCUT2D eigenvalue weighted by atomic mass is 10.0. The number of rotatable bonds is 8. The molecule has 0 aromatic heterocycles. The second kappa shape index (κ2) is 9.65. The van der Waals surface area contributed by atoms with Crippen LogP contribution in [0.15, 0.2) is 53.0 Å². The fraction of sp³-hybridized carbons (Fsp3) is 0.261. The molecule has 1 N–H and O–H groups in total. The zero-order valence-corrected chi connectivity index (χ0v) is 18.3. The van der Waals surface area contributed by atoms with Gasteiger partial charge in [-0.25, -0.2) is 0 Å². The van der Waals surface area contributed by atoms with Gasteiger partial charge < -0.3 is 19.5 Å². The summed E-state index contributed by atoms with van der Waals surface area (Å²) in [7, 11) is 4.84. The SMILES string of the molecule is COc1ccc(CCNC(=O)Cc2c(OC)ccc3cc(Br)ccc23)cc1OC. The number of hydrogen-bond donors (Lipinski definition) is 1. The Kier molecular flexibility index (Phi) is 6.99. The molecule has 152 valence electrons. The number of benzene rings is 3. The van der Waals surface area contributed by atoms with Crippen LogP contribution in [0.2, 0.25) is 0 Å². The molecule has 29 heavy (non-hydrogen) atoms. The largest absolute Gasteiger partial charge is 0.496 e. The van der Waals surface area contributed by atoms with Gasteiger partial charge in [0.15, 0.2) is 11.5 Å². The van der Waals surface area contributed by atoms with E-state index in [-0.39, 0.29) is 12.3 Å². The van der Waals surface area contributed by atoms with Crippen LogP contribution in [0.4, 0.5) is 0 Å². The van der Waals surface area contributed by atoms with Crippen molar-refractivity contribution in [2.24, 2.45) is 0 Å². The van der Waals surface area contributed by atoms with Gasteiger partial charge in [0, 0.05) is 16.6 Å². The minimum absolute atomic E-state index is 0.0424. The summed E-state index contributed by atoms with van der Waals surface area (Å²) in [6.07, 6.45) is 0.958. The van der Waals surface area contributed by atoms with E-state index in [0.29, 0.717) is 24.5 Å². The van der Waals surface area contributed by atoms with E-state index >= 15 is 0 Å². The van der Waals surface area contributed by atoms with E-state index in [1.54, 1.807) is 21.3 Å². The predicted octanol–water partition coefficient (Wildman–Crippen LogP) is 4.53. The smallest absolute Gasteiger partial charge is 0.224 e. The normalized spacial score (nSPS) is 10.6. The Bertz CT molecular complexity index is 1020. The molecule has 5 nitrogen and oxygen atoms in total. The monoisotopic (exact) mass is 457 g/mol. The number of carbonyl (C=O) groups excluding carboxylic acids is 1. The average molecular weight is 458 g/mol. The molecule has 0 unspecified atom stereocenters. The molecule has 3 aromatic carbocycles. The second-order valence-electron chi connectivity index (χ2n) is 6.58. The first-order valence-electron chi connectivity index (χ1n) is 9.28. The van der Waals surface area contributed by atoms with E-state index in [1.165, 1.54) is 0 Å². The molecule has 6 heteroatoms. The van der Waals surface area contributed by atoms with Crippen LogP contribution < -0.4 is 19.5 Å². The lowest BCUT2D eigenvalue weighted by Gasteiger charge is -2.13. The number of nitrogens with one attached hydrogen (secondary N) is 1. The van der Waals surface area contributed by atoms with Crippen molar-refractivity contribution in [3.63, 3.8) is 0 Å². The highest BCUT2D eigenvalue weighted by atomic mass is 79.9. The summed E-state index contributed by atoms with van der Waals surface area (Å²) in [5.41, 5.74) is 1.96. The quantitative estimate of drug-likeness (QED) is 0.539. The fourth-order valence-corrected chi connectivity index (χ4v) is 3.70. The van der Waals surface area contributed by atoms with Gasteiger partial charge in [-0.3, -0.25) is 4.79 Å². The van der Waals surface area contributed by atoms with E-state index in [9.17, 15) is 4.79 Å². The van der Waals surface area contributed by atoms with Gasteiger partial charge in [-0.05, 0) is 53.1 Å². The molecule has 0 aliphatic rings. The van der Waals surface area contributed by atoms with Crippen molar-refractivity contribution < 1.29 is 19.0 Å². The maximum absolute atomic E-state index is 12.6. The summed E-state index contributed by atoms with van der Waals surface area (Å²) in [5, 5.41) is 5.08. The van der Waals surface area contributed by atoms with Crippen molar-refractivity contribution in [2.45, 2.75) is 12.8 Å². The molecule has 0 bridgehead atoms. The van der Waals surface area contributed by atoms with E-state index in [2.05, 4.69) is 21.2 Å². The topological polar surface area (TPSA) is 56.8 Å².